The predicted octanol–water partition coefficient (Wildman–Crippen LogP) is 4.73. The van der Waals surface area contributed by atoms with Crippen LogP contribution < -0.4 is 5.32 Å². The summed E-state index contributed by atoms with van der Waals surface area (Å²) in [4.78, 5) is 1.63. The third-order valence-corrected chi connectivity index (χ3v) is 6.39. The molecule has 0 aromatic carbocycles. The molecule has 1 aromatic heterocycles. The van der Waals surface area contributed by atoms with Crippen LogP contribution >= 0.6 is 11.3 Å². The average Bonchev–Trinajstić information content (AvgIpc) is 2.92. The molecular weight excluding hydrogens is 250 g/mol. The van der Waals surface area contributed by atoms with Gasteiger partial charge in [0, 0.05) is 16.8 Å². The molecule has 2 aliphatic carbocycles. The van der Waals surface area contributed by atoms with Crippen LogP contribution in [-0.4, -0.2) is 13.1 Å². The summed E-state index contributed by atoms with van der Waals surface area (Å²) in [6.07, 6.45) is 11.5. The van der Waals surface area contributed by atoms with E-state index in [1.54, 1.807) is 4.88 Å². The van der Waals surface area contributed by atoms with Crippen molar-refractivity contribution in [3.8, 4) is 0 Å². The zero-order chi connectivity index (χ0) is 13.2. The van der Waals surface area contributed by atoms with Crippen molar-refractivity contribution in [1.29, 1.82) is 0 Å². The number of nitrogens with one attached hydrogen (secondary N) is 1. The molecule has 0 bridgehead atoms. The van der Waals surface area contributed by atoms with Crippen molar-refractivity contribution in [2.45, 2.75) is 63.7 Å². The van der Waals surface area contributed by atoms with Gasteiger partial charge in [0.2, 0.25) is 0 Å². The second kappa shape index (κ2) is 5.57. The predicted molar refractivity (Wildman–Crippen MR) is 83.9 cm³/mol. The number of rotatable bonds is 5. The maximum Gasteiger partial charge on any atom is 0.0182 e. The SMILES string of the molecule is CCCNCC1(c2cccs2)CC2(CCCCC2)C1. The van der Waals surface area contributed by atoms with E-state index in [0.29, 0.717) is 5.41 Å². The minimum Gasteiger partial charge on any atom is -0.316 e. The Morgan fingerprint density at radius 3 is 2.63 bits per heavy atom. The first-order valence-electron chi connectivity index (χ1n) is 8.03. The van der Waals surface area contributed by atoms with Gasteiger partial charge in [-0.05, 0) is 55.5 Å². The van der Waals surface area contributed by atoms with Gasteiger partial charge in [-0.25, -0.2) is 0 Å². The highest BCUT2D eigenvalue weighted by atomic mass is 32.1. The van der Waals surface area contributed by atoms with E-state index < -0.39 is 0 Å². The van der Waals surface area contributed by atoms with Crippen LogP contribution in [0.15, 0.2) is 17.5 Å². The molecule has 3 rings (SSSR count). The third kappa shape index (κ3) is 2.62. The highest BCUT2D eigenvalue weighted by Crippen LogP contribution is 2.62. The van der Waals surface area contributed by atoms with Crippen molar-refractivity contribution in [3.05, 3.63) is 22.4 Å². The lowest BCUT2D eigenvalue weighted by atomic mass is 9.48. The summed E-state index contributed by atoms with van der Waals surface area (Å²) < 4.78 is 0. The van der Waals surface area contributed by atoms with Crippen molar-refractivity contribution in [2.75, 3.05) is 13.1 Å². The molecule has 2 saturated carbocycles. The van der Waals surface area contributed by atoms with E-state index in [4.69, 9.17) is 0 Å². The molecule has 1 N–H and O–H groups in total. The Balaban J connectivity index is 1.69. The Labute approximate surface area is 121 Å². The van der Waals surface area contributed by atoms with Gasteiger partial charge in [0.25, 0.3) is 0 Å². The van der Waals surface area contributed by atoms with Crippen molar-refractivity contribution >= 4 is 11.3 Å². The highest BCUT2D eigenvalue weighted by Gasteiger charge is 2.55. The van der Waals surface area contributed by atoms with E-state index in [1.165, 1.54) is 64.5 Å². The van der Waals surface area contributed by atoms with Gasteiger partial charge in [0.15, 0.2) is 0 Å². The van der Waals surface area contributed by atoms with Gasteiger partial charge in [0.1, 0.15) is 0 Å². The molecule has 2 heteroatoms. The molecule has 0 saturated heterocycles. The van der Waals surface area contributed by atoms with Gasteiger partial charge in [-0.3, -0.25) is 0 Å². The van der Waals surface area contributed by atoms with Crippen LogP contribution in [-0.2, 0) is 5.41 Å². The van der Waals surface area contributed by atoms with E-state index in [9.17, 15) is 0 Å². The molecule has 1 heterocycles. The summed E-state index contributed by atoms with van der Waals surface area (Å²) in [5.41, 5.74) is 1.19. The van der Waals surface area contributed by atoms with Gasteiger partial charge in [-0.15, -0.1) is 11.3 Å². The first kappa shape index (κ1) is 13.6. The lowest BCUT2D eigenvalue weighted by molar-refractivity contribution is -0.0107. The largest absolute Gasteiger partial charge is 0.316 e. The van der Waals surface area contributed by atoms with Crippen LogP contribution in [0.4, 0.5) is 0 Å². The van der Waals surface area contributed by atoms with Crippen LogP contribution in [0.3, 0.4) is 0 Å². The van der Waals surface area contributed by atoms with E-state index in [0.717, 1.165) is 5.41 Å². The van der Waals surface area contributed by atoms with Crippen LogP contribution in [0.25, 0.3) is 0 Å². The zero-order valence-corrected chi connectivity index (χ0v) is 13.0. The summed E-state index contributed by atoms with van der Waals surface area (Å²) in [5, 5.41) is 5.95. The molecule has 1 aromatic rings. The topological polar surface area (TPSA) is 12.0 Å². The zero-order valence-electron chi connectivity index (χ0n) is 12.2. The highest BCUT2D eigenvalue weighted by molar-refractivity contribution is 7.10. The van der Waals surface area contributed by atoms with Crippen molar-refractivity contribution in [1.82, 2.24) is 5.32 Å². The maximum atomic E-state index is 3.69. The summed E-state index contributed by atoms with van der Waals surface area (Å²) in [6, 6.07) is 4.60. The molecule has 2 aliphatic rings. The summed E-state index contributed by atoms with van der Waals surface area (Å²) in [7, 11) is 0. The summed E-state index contributed by atoms with van der Waals surface area (Å²) >= 11 is 1.97. The first-order valence-corrected chi connectivity index (χ1v) is 8.91. The standard InChI is InChI=1S/C17H27NS/c1-2-10-18-14-17(15-7-6-11-19-15)12-16(13-17)8-4-3-5-9-16/h6-7,11,18H,2-5,8-10,12-14H2,1H3. The lowest BCUT2D eigenvalue weighted by Gasteiger charge is -2.58. The minimum atomic E-state index is 0.473. The second-order valence-electron chi connectivity index (χ2n) is 6.85. The van der Waals surface area contributed by atoms with Crippen LogP contribution in [0, 0.1) is 5.41 Å². The van der Waals surface area contributed by atoms with E-state index in [-0.39, 0.29) is 0 Å². The van der Waals surface area contributed by atoms with Crippen LogP contribution in [0.1, 0.15) is 63.2 Å². The van der Waals surface area contributed by atoms with Crippen molar-refractivity contribution in [3.63, 3.8) is 0 Å². The third-order valence-electron chi connectivity index (χ3n) is 5.28. The van der Waals surface area contributed by atoms with E-state index in [1.807, 2.05) is 11.3 Å². The molecule has 0 aliphatic heterocycles. The number of thiophene rings is 1. The molecule has 0 amide bonds. The molecule has 1 nitrogen and oxygen atoms in total. The quantitative estimate of drug-likeness (QED) is 0.767. The Kier molecular flexibility index (Phi) is 4.00. The monoisotopic (exact) mass is 277 g/mol. The number of hydrogen-bond donors (Lipinski definition) is 1. The fourth-order valence-corrected chi connectivity index (χ4v) is 5.44. The fraction of sp³-hybridized carbons (Fsp3) is 0.765. The molecule has 1 spiro atoms. The van der Waals surface area contributed by atoms with Gasteiger partial charge < -0.3 is 5.32 Å². The average molecular weight is 277 g/mol. The Morgan fingerprint density at radius 1 is 1.21 bits per heavy atom. The lowest BCUT2D eigenvalue weighted by Crippen LogP contribution is -2.55. The summed E-state index contributed by atoms with van der Waals surface area (Å²) in [5.74, 6) is 0. The summed E-state index contributed by atoms with van der Waals surface area (Å²) in [6.45, 7) is 4.62. The van der Waals surface area contributed by atoms with Crippen molar-refractivity contribution in [2.24, 2.45) is 5.41 Å². The Morgan fingerprint density at radius 2 is 2.00 bits per heavy atom. The van der Waals surface area contributed by atoms with E-state index >= 15 is 0 Å². The number of hydrogen-bond acceptors (Lipinski definition) is 2. The Bertz CT molecular complexity index is 381. The molecule has 0 atom stereocenters. The van der Waals surface area contributed by atoms with Gasteiger partial charge >= 0.3 is 0 Å². The molecule has 19 heavy (non-hydrogen) atoms. The smallest absolute Gasteiger partial charge is 0.0182 e. The fourth-order valence-electron chi connectivity index (χ4n) is 4.51. The molecule has 2 fully saturated rings. The van der Waals surface area contributed by atoms with Crippen LogP contribution in [0.2, 0.25) is 0 Å². The van der Waals surface area contributed by atoms with Crippen LogP contribution in [0.5, 0.6) is 0 Å². The van der Waals surface area contributed by atoms with E-state index in [2.05, 4.69) is 29.8 Å². The molecule has 106 valence electrons. The Hall–Kier alpha value is -0.340. The minimum absolute atomic E-state index is 0.473. The van der Waals surface area contributed by atoms with Gasteiger partial charge in [-0.2, -0.15) is 0 Å². The normalized spacial score (nSPS) is 24.3. The van der Waals surface area contributed by atoms with Gasteiger partial charge in [-0.1, -0.05) is 32.3 Å². The molecule has 0 radical (unpaired) electrons. The second-order valence-corrected chi connectivity index (χ2v) is 7.80. The first-order chi connectivity index (χ1) is 9.29. The molecular formula is C17H27NS. The van der Waals surface area contributed by atoms with Crippen molar-refractivity contribution < 1.29 is 0 Å². The maximum absolute atomic E-state index is 3.69. The molecule has 0 unspecified atom stereocenters. The van der Waals surface area contributed by atoms with Gasteiger partial charge in [0.05, 0.1) is 0 Å².